The third kappa shape index (κ3) is 5.32. The zero-order valence-electron chi connectivity index (χ0n) is 17.7. The van der Waals surface area contributed by atoms with Gasteiger partial charge in [-0.3, -0.25) is 0 Å². The molecule has 4 rings (SSSR count). The maximum absolute atomic E-state index is 15.0. The van der Waals surface area contributed by atoms with Crippen molar-refractivity contribution >= 4 is 10.8 Å². The second kappa shape index (κ2) is 9.78. The van der Waals surface area contributed by atoms with Crippen LogP contribution in [0, 0.1) is 11.6 Å². The zero-order valence-corrected chi connectivity index (χ0v) is 17.7. The number of benzene rings is 3. The number of rotatable bonds is 8. The van der Waals surface area contributed by atoms with Crippen LogP contribution in [0.15, 0.2) is 67.0 Å². The summed E-state index contributed by atoms with van der Waals surface area (Å²) in [5, 5.41) is 1.54. The summed E-state index contributed by atoms with van der Waals surface area (Å²) in [6.45, 7) is 2.14. The normalized spacial score (nSPS) is 11.2. The van der Waals surface area contributed by atoms with Gasteiger partial charge in [-0.05, 0) is 65.5 Å². The van der Waals surface area contributed by atoms with Crippen molar-refractivity contribution < 1.29 is 8.78 Å². The number of halogens is 2. The van der Waals surface area contributed by atoms with Crippen LogP contribution < -0.4 is 0 Å². The maximum Gasteiger partial charge on any atom is 0.134 e. The molecule has 0 N–H and O–H groups in total. The summed E-state index contributed by atoms with van der Waals surface area (Å²) >= 11 is 0. The van der Waals surface area contributed by atoms with Gasteiger partial charge in [-0.25, -0.2) is 18.7 Å². The molecule has 0 saturated carbocycles. The first kappa shape index (κ1) is 21.1. The molecule has 0 amide bonds. The number of aromatic nitrogens is 2. The smallest absolute Gasteiger partial charge is 0.134 e. The van der Waals surface area contributed by atoms with Crippen molar-refractivity contribution in [3.05, 3.63) is 107 Å². The monoisotopic (exact) mass is 416 g/mol. The van der Waals surface area contributed by atoms with E-state index in [9.17, 15) is 4.39 Å². The predicted octanol–water partition coefficient (Wildman–Crippen LogP) is 6.43. The summed E-state index contributed by atoms with van der Waals surface area (Å²) in [5.41, 5.74) is 4.00. The van der Waals surface area contributed by atoms with Gasteiger partial charge in [0.1, 0.15) is 17.5 Å². The Morgan fingerprint density at radius 3 is 2.13 bits per heavy atom. The molecule has 31 heavy (non-hydrogen) atoms. The molecule has 0 unspecified atom stereocenters. The van der Waals surface area contributed by atoms with E-state index < -0.39 is 0 Å². The van der Waals surface area contributed by atoms with E-state index >= 15 is 4.39 Å². The van der Waals surface area contributed by atoms with Crippen molar-refractivity contribution in [1.29, 1.82) is 0 Å². The number of fused-ring (bicyclic) bond motifs is 1. The lowest BCUT2D eigenvalue weighted by Gasteiger charge is -2.09. The summed E-state index contributed by atoms with van der Waals surface area (Å²) in [4.78, 5) is 8.92. The average molecular weight is 417 g/mol. The summed E-state index contributed by atoms with van der Waals surface area (Å²) < 4.78 is 28.1. The quantitative estimate of drug-likeness (QED) is 0.331. The molecular formula is C27H26F2N2. The Hall–Kier alpha value is -3.14. The first-order valence-electron chi connectivity index (χ1n) is 10.9. The highest BCUT2D eigenvalue weighted by atomic mass is 19.1. The molecular weight excluding hydrogens is 390 g/mol. The van der Waals surface area contributed by atoms with Gasteiger partial charge in [-0.2, -0.15) is 0 Å². The van der Waals surface area contributed by atoms with Gasteiger partial charge in [-0.1, -0.05) is 55.8 Å². The Morgan fingerprint density at radius 2 is 1.39 bits per heavy atom. The minimum absolute atomic E-state index is 0.166. The first-order chi connectivity index (χ1) is 15.1. The van der Waals surface area contributed by atoms with E-state index in [1.54, 1.807) is 12.1 Å². The molecule has 2 nitrogen and oxygen atoms in total. The van der Waals surface area contributed by atoms with Crippen LogP contribution in [0.2, 0.25) is 0 Å². The Bertz CT molecular complexity index is 1150. The minimum Gasteiger partial charge on any atom is -0.241 e. The van der Waals surface area contributed by atoms with Gasteiger partial charge in [0.15, 0.2) is 0 Å². The van der Waals surface area contributed by atoms with Crippen molar-refractivity contribution in [3.8, 4) is 0 Å². The number of nitrogens with zero attached hydrogens (tertiary/aromatic N) is 2. The standard InChI is InChI=1S/C27H26F2N2/c1-2-3-21-17-30-26(31-18-21)15-8-20-7-14-25-23(16-20)11-10-22(27(25)29)9-4-19-5-12-24(28)13-6-19/h5-7,10-14,16-18H,2-4,8-9,15H2,1H3. The lowest BCUT2D eigenvalue weighted by molar-refractivity contribution is 0.619. The SMILES string of the molecule is CCCc1cnc(CCc2ccc3c(F)c(CCc4ccc(F)cc4)ccc3c2)nc1. The molecule has 4 aromatic rings. The van der Waals surface area contributed by atoms with Crippen molar-refractivity contribution in [2.45, 2.75) is 45.4 Å². The van der Waals surface area contributed by atoms with Gasteiger partial charge in [0, 0.05) is 24.2 Å². The molecule has 0 atom stereocenters. The number of aryl methyl sites for hydroxylation is 5. The molecule has 4 heteroatoms. The molecule has 0 aliphatic rings. The van der Waals surface area contributed by atoms with Crippen LogP contribution >= 0.6 is 0 Å². The first-order valence-corrected chi connectivity index (χ1v) is 10.9. The Morgan fingerprint density at radius 1 is 0.677 bits per heavy atom. The topological polar surface area (TPSA) is 25.8 Å². The van der Waals surface area contributed by atoms with Gasteiger partial charge in [-0.15, -0.1) is 0 Å². The van der Waals surface area contributed by atoms with Crippen molar-refractivity contribution in [2.75, 3.05) is 0 Å². The largest absolute Gasteiger partial charge is 0.241 e. The van der Waals surface area contributed by atoms with Crippen molar-refractivity contribution in [1.82, 2.24) is 9.97 Å². The van der Waals surface area contributed by atoms with E-state index in [2.05, 4.69) is 16.9 Å². The highest BCUT2D eigenvalue weighted by molar-refractivity contribution is 5.84. The fourth-order valence-electron chi connectivity index (χ4n) is 3.85. The van der Waals surface area contributed by atoms with E-state index in [4.69, 9.17) is 0 Å². The molecule has 0 saturated heterocycles. The van der Waals surface area contributed by atoms with Crippen molar-refractivity contribution in [2.24, 2.45) is 0 Å². The van der Waals surface area contributed by atoms with E-state index in [0.29, 0.717) is 23.8 Å². The molecule has 0 aliphatic carbocycles. The van der Waals surface area contributed by atoms with Crippen LogP contribution in [0.4, 0.5) is 8.78 Å². The number of hydrogen-bond acceptors (Lipinski definition) is 2. The van der Waals surface area contributed by atoms with Gasteiger partial charge in [0.2, 0.25) is 0 Å². The molecule has 0 aliphatic heterocycles. The van der Waals surface area contributed by atoms with Crippen LogP contribution in [0.1, 0.15) is 41.4 Å². The predicted molar refractivity (Wildman–Crippen MR) is 121 cm³/mol. The van der Waals surface area contributed by atoms with Crippen LogP contribution in [-0.2, 0) is 32.1 Å². The van der Waals surface area contributed by atoms with Crippen LogP contribution in [0.5, 0.6) is 0 Å². The van der Waals surface area contributed by atoms with E-state index in [1.807, 2.05) is 42.7 Å². The fourth-order valence-corrected chi connectivity index (χ4v) is 3.85. The van der Waals surface area contributed by atoms with Crippen LogP contribution in [-0.4, -0.2) is 9.97 Å². The van der Waals surface area contributed by atoms with Gasteiger partial charge in [0.05, 0.1) is 0 Å². The van der Waals surface area contributed by atoms with Gasteiger partial charge >= 0.3 is 0 Å². The molecule has 0 bridgehead atoms. The second-order valence-corrected chi connectivity index (χ2v) is 7.98. The highest BCUT2D eigenvalue weighted by Gasteiger charge is 2.09. The average Bonchev–Trinajstić information content (AvgIpc) is 2.79. The highest BCUT2D eigenvalue weighted by Crippen LogP contribution is 2.24. The second-order valence-electron chi connectivity index (χ2n) is 7.98. The molecule has 1 heterocycles. The van der Waals surface area contributed by atoms with Gasteiger partial charge < -0.3 is 0 Å². The zero-order chi connectivity index (χ0) is 21.6. The molecule has 0 spiro atoms. The molecule has 0 radical (unpaired) electrons. The lowest BCUT2D eigenvalue weighted by Crippen LogP contribution is -2.00. The molecule has 3 aromatic carbocycles. The van der Waals surface area contributed by atoms with E-state index in [1.165, 1.54) is 17.7 Å². The van der Waals surface area contributed by atoms with Crippen molar-refractivity contribution in [3.63, 3.8) is 0 Å². The summed E-state index contributed by atoms with van der Waals surface area (Å²) in [6, 6.07) is 16.1. The minimum atomic E-state index is -0.253. The summed E-state index contributed by atoms with van der Waals surface area (Å²) in [6.07, 6.45) is 8.75. The Labute approximate surface area is 182 Å². The molecule has 1 aromatic heterocycles. The van der Waals surface area contributed by atoms with Crippen LogP contribution in [0.25, 0.3) is 10.8 Å². The third-order valence-corrected chi connectivity index (χ3v) is 5.63. The van der Waals surface area contributed by atoms with E-state index in [0.717, 1.165) is 48.0 Å². The number of hydrogen-bond donors (Lipinski definition) is 0. The third-order valence-electron chi connectivity index (χ3n) is 5.63. The molecule has 0 fully saturated rings. The van der Waals surface area contributed by atoms with Crippen LogP contribution in [0.3, 0.4) is 0 Å². The van der Waals surface area contributed by atoms with Gasteiger partial charge in [0.25, 0.3) is 0 Å². The maximum atomic E-state index is 15.0. The summed E-state index contributed by atoms with van der Waals surface area (Å²) in [7, 11) is 0. The fraction of sp³-hybridized carbons (Fsp3) is 0.259. The molecule has 158 valence electrons. The lowest BCUT2D eigenvalue weighted by atomic mass is 9.98. The van der Waals surface area contributed by atoms with E-state index in [-0.39, 0.29) is 11.6 Å². The Kier molecular flexibility index (Phi) is 6.66. The Balaban J connectivity index is 1.43. The summed E-state index contributed by atoms with van der Waals surface area (Å²) in [5.74, 6) is 0.416.